The molecule has 0 bridgehead atoms. The van der Waals surface area contributed by atoms with Crippen LogP contribution in [0.4, 0.5) is 10.5 Å². The van der Waals surface area contributed by atoms with Gasteiger partial charge in [-0.25, -0.2) is 4.79 Å². The third kappa shape index (κ3) is 3.90. The highest BCUT2D eigenvalue weighted by molar-refractivity contribution is 5.80. The number of ether oxygens (including phenoxy) is 1. The number of alkyl carbamates (subject to hydrolysis) is 1. The highest BCUT2D eigenvalue weighted by Crippen LogP contribution is 2.28. The molecular weight excluding hydrogens is 266 g/mol. The largest absolute Gasteiger partial charge is 0.444 e. The highest BCUT2D eigenvalue weighted by Gasteiger charge is 2.17. The Morgan fingerprint density at radius 1 is 1.43 bits per heavy atom. The molecule has 1 aromatic carbocycles. The van der Waals surface area contributed by atoms with Crippen LogP contribution in [-0.4, -0.2) is 18.2 Å². The third-order valence-corrected chi connectivity index (χ3v) is 3.21. The maximum atomic E-state index is 11.6. The quantitative estimate of drug-likeness (QED) is 0.782. The van der Waals surface area contributed by atoms with Crippen LogP contribution in [0.15, 0.2) is 23.8 Å². The average molecular weight is 289 g/mol. The van der Waals surface area contributed by atoms with Crippen LogP contribution in [0, 0.1) is 0 Å². The third-order valence-electron chi connectivity index (χ3n) is 3.21. The smallest absolute Gasteiger partial charge is 0.407 e. The first kappa shape index (κ1) is 15.2. The molecule has 0 saturated heterocycles. The predicted octanol–water partition coefficient (Wildman–Crippen LogP) is 2.83. The van der Waals surface area contributed by atoms with Gasteiger partial charge in [0, 0.05) is 30.0 Å². The molecule has 0 fully saturated rings. The molecule has 114 valence electrons. The van der Waals surface area contributed by atoms with Gasteiger partial charge in [0.2, 0.25) is 0 Å². The number of hydrogen-bond acceptors (Lipinski definition) is 4. The number of benzene rings is 1. The summed E-state index contributed by atoms with van der Waals surface area (Å²) in [5.74, 6) is 0. The SMILES string of the molecule is CC1=C(N)c2ccc(CNC(=O)OC(C)(C)C)cc2NC1. The van der Waals surface area contributed by atoms with Crippen molar-refractivity contribution in [1.82, 2.24) is 5.32 Å². The van der Waals surface area contributed by atoms with E-state index < -0.39 is 11.7 Å². The molecule has 1 amide bonds. The van der Waals surface area contributed by atoms with Crippen LogP contribution in [0.5, 0.6) is 0 Å². The maximum Gasteiger partial charge on any atom is 0.407 e. The van der Waals surface area contributed by atoms with Crippen molar-refractivity contribution in [2.45, 2.75) is 39.8 Å². The zero-order valence-corrected chi connectivity index (χ0v) is 13.0. The molecule has 0 aromatic heterocycles. The van der Waals surface area contributed by atoms with Crippen molar-refractivity contribution in [3.63, 3.8) is 0 Å². The molecule has 1 aliphatic heterocycles. The van der Waals surface area contributed by atoms with E-state index in [9.17, 15) is 4.79 Å². The van der Waals surface area contributed by atoms with Gasteiger partial charge in [-0.2, -0.15) is 0 Å². The summed E-state index contributed by atoms with van der Waals surface area (Å²) in [6, 6.07) is 5.95. The van der Waals surface area contributed by atoms with E-state index in [2.05, 4.69) is 10.6 Å². The Morgan fingerprint density at radius 3 is 2.81 bits per heavy atom. The molecule has 0 aliphatic carbocycles. The second kappa shape index (κ2) is 5.68. The van der Waals surface area contributed by atoms with Crippen molar-refractivity contribution in [1.29, 1.82) is 0 Å². The Morgan fingerprint density at radius 2 is 2.14 bits per heavy atom. The minimum absolute atomic E-state index is 0.413. The van der Waals surface area contributed by atoms with Crippen LogP contribution in [0.25, 0.3) is 5.70 Å². The summed E-state index contributed by atoms with van der Waals surface area (Å²) < 4.78 is 5.21. The molecule has 1 heterocycles. The van der Waals surface area contributed by atoms with Gasteiger partial charge >= 0.3 is 6.09 Å². The van der Waals surface area contributed by atoms with E-state index in [4.69, 9.17) is 10.5 Å². The number of fused-ring (bicyclic) bond motifs is 1. The van der Waals surface area contributed by atoms with E-state index in [1.807, 2.05) is 45.9 Å². The molecule has 0 atom stereocenters. The van der Waals surface area contributed by atoms with Crippen molar-refractivity contribution in [3.05, 3.63) is 34.9 Å². The lowest BCUT2D eigenvalue weighted by Gasteiger charge is -2.22. The maximum absolute atomic E-state index is 11.6. The zero-order chi connectivity index (χ0) is 15.6. The van der Waals surface area contributed by atoms with Crippen molar-refractivity contribution in [2.24, 2.45) is 5.73 Å². The molecule has 5 heteroatoms. The van der Waals surface area contributed by atoms with Gasteiger partial charge in [-0.1, -0.05) is 12.1 Å². The Bertz CT molecular complexity index is 586. The van der Waals surface area contributed by atoms with Gasteiger partial charge in [-0.05, 0) is 44.9 Å². The number of anilines is 1. The summed E-state index contributed by atoms with van der Waals surface area (Å²) in [6.07, 6.45) is -0.413. The molecule has 1 aromatic rings. The number of nitrogens with two attached hydrogens (primary N) is 1. The minimum atomic E-state index is -0.488. The van der Waals surface area contributed by atoms with E-state index >= 15 is 0 Å². The second-order valence-corrected chi connectivity index (χ2v) is 6.28. The number of carbonyl (C=O) groups is 1. The second-order valence-electron chi connectivity index (χ2n) is 6.28. The van der Waals surface area contributed by atoms with Crippen LogP contribution in [0.2, 0.25) is 0 Å². The van der Waals surface area contributed by atoms with Crippen molar-refractivity contribution in [2.75, 3.05) is 11.9 Å². The number of hydrogen-bond donors (Lipinski definition) is 3. The van der Waals surface area contributed by atoms with Crippen molar-refractivity contribution >= 4 is 17.5 Å². The molecule has 0 unspecified atom stereocenters. The van der Waals surface area contributed by atoms with Gasteiger partial charge in [-0.3, -0.25) is 0 Å². The van der Waals surface area contributed by atoms with E-state index in [0.717, 1.165) is 34.6 Å². The average Bonchev–Trinajstić information content (AvgIpc) is 2.39. The Balaban J connectivity index is 2.02. The topological polar surface area (TPSA) is 76.4 Å². The van der Waals surface area contributed by atoms with E-state index in [-0.39, 0.29) is 0 Å². The molecule has 4 N–H and O–H groups in total. The summed E-state index contributed by atoms with van der Waals surface area (Å²) in [6.45, 7) is 8.71. The van der Waals surface area contributed by atoms with E-state index in [0.29, 0.717) is 6.54 Å². The summed E-state index contributed by atoms with van der Waals surface area (Å²) in [5.41, 5.74) is 10.6. The lowest BCUT2D eigenvalue weighted by atomic mass is 10.00. The van der Waals surface area contributed by atoms with E-state index in [1.165, 1.54) is 0 Å². The fourth-order valence-electron chi connectivity index (χ4n) is 2.12. The van der Waals surface area contributed by atoms with Gasteiger partial charge < -0.3 is 21.1 Å². The fraction of sp³-hybridized carbons (Fsp3) is 0.438. The molecular formula is C16H23N3O2. The highest BCUT2D eigenvalue weighted by atomic mass is 16.6. The molecule has 0 radical (unpaired) electrons. The van der Waals surface area contributed by atoms with Gasteiger partial charge in [0.05, 0.1) is 0 Å². The summed E-state index contributed by atoms with van der Waals surface area (Å²) in [5, 5.41) is 6.08. The van der Waals surface area contributed by atoms with Gasteiger partial charge in [-0.15, -0.1) is 0 Å². The van der Waals surface area contributed by atoms with Gasteiger partial charge in [0.15, 0.2) is 0 Å². The summed E-state index contributed by atoms with van der Waals surface area (Å²) in [4.78, 5) is 11.6. The Hall–Kier alpha value is -2.17. The van der Waals surface area contributed by atoms with E-state index in [1.54, 1.807) is 0 Å². The molecule has 2 rings (SSSR count). The van der Waals surface area contributed by atoms with Crippen LogP contribution >= 0.6 is 0 Å². The molecule has 21 heavy (non-hydrogen) atoms. The van der Waals surface area contributed by atoms with Gasteiger partial charge in [0.25, 0.3) is 0 Å². The number of rotatable bonds is 2. The zero-order valence-electron chi connectivity index (χ0n) is 13.0. The first-order chi connectivity index (χ1) is 9.76. The summed E-state index contributed by atoms with van der Waals surface area (Å²) >= 11 is 0. The predicted molar refractivity (Wildman–Crippen MR) is 84.8 cm³/mol. The first-order valence-corrected chi connectivity index (χ1v) is 7.05. The lowest BCUT2D eigenvalue weighted by Crippen LogP contribution is -2.32. The number of amides is 1. The fourth-order valence-corrected chi connectivity index (χ4v) is 2.12. The number of nitrogens with one attached hydrogen (secondary N) is 2. The van der Waals surface area contributed by atoms with Crippen molar-refractivity contribution in [3.8, 4) is 0 Å². The Kier molecular flexibility index (Phi) is 4.11. The van der Waals surface area contributed by atoms with Crippen LogP contribution in [0.3, 0.4) is 0 Å². The molecule has 0 saturated carbocycles. The van der Waals surface area contributed by atoms with Crippen LogP contribution in [0.1, 0.15) is 38.8 Å². The Labute approximate surface area is 125 Å². The van der Waals surface area contributed by atoms with Gasteiger partial charge in [0.1, 0.15) is 5.60 Å². The van der Waals surface area contributed by atoms with Crippen LogP contribution in [-0.2, 0) is 11.3 Å². The number of carbonyl (C=O) groups excluding carboxylic acids is 1. The van der Waals surface area contributed by atoms with Crippen molar-refractivity contribution < 1.29 is 9.53 Å². The first-order valence-electron chi connectivity index (χ1n) is 7.05. The normalized spacial score (nSPS) is 14.3. The monoisotopic (exact) mass is 289 g/mol. The molecule has 0 spiro atoms. The summed E-state index contributed by atoms with van der Waals surface area (Å²) in [7, 11) is 0. The van der Waals surface area contributed by atoms with Crippen LogP contribution < -0.4 is 16.4 Å². The lowest BCUT2D eigenvalue weighted by molar-refractivity contribution is 0.0523. The minimum Gasteiger partial charge on any atom is -0.444 e. The molecule has 5 nitrogen and oxygen atoms in total. The molecule has 1 aliphatic rings. The standard InChI is InChI=1S/C16H23N3O2/c1-10-8-18-13-7-11(5-6-12(13)14(10)17)9-19-15(20)21-16(2,3)4/h5-7,18H,8-9,17H2,1-4H3,(H,19,20).